The minimum absolute atomic E-state index is 0.226. The Hall–Kier alpha value is -1.51. The van der Waals surface area contributed by atoms with E-state index in [1.807, 2.05) is 18.2 Å². The Labute approximate surface area is 132 Å². The summed E-state index contributed by atoms with van der Waals surface area (Å²) in [5.74, 6) is 1.08. The molecule has 2 atom stereocenters. The Morgan fingerprint density at radius 3 is 2.43 bits per heavy atom. The zero-order valence-electron chi connectivity index (χ0n) is 12.8. The highest BCUT2D eigenvalue weighted by molar-refractivity contribution is 6.32. The summed E-state index contributed by atoms with van der Waals surface area (Å²) in [6.45, 7) is 5.27. The molecule has 0 fully saturated rings. The fourth-order valence-electron chi connectivity index (χ4n) is 2.62. The minimum Gasteiger partial charge on any atom is -0.495 e. The molecule has 2 nitrogen and oxygen atoms in total. The predicted molar refractivity (Wildman–Crippen MR) is 89.3 cm³/mol. The molecule has 0 saturated carbocycles. The second-order valence-electron chi connectivity index (χ2n) is 5.13. The molecule has 0 aliphatic carbocycles. The van der Waals surface area contributed by atoms with E-state index in [1.165, 1.54) is 11.1 Å². The van der Waals surface area contributed by atoms with Gasteiger partial charge in [-0.2, -0.15) is 0 Å². The van der Waals surface area contributed by atoms with Gasteiger partial charge in [0, 0.05) is 12.0 Å². The molecule has 0 aliphatic heterocycles. The van der Waals surface area contributed by atoms with Crippen LogP contribution in [0.2, 0.25) is 5.02 Å². The largest absolute Gasteiger partial charge is 0.495 e. The van der Waals surface area contributed by atoms with Crippen LogP contribution in [-0.4, -0.2) is 13.7 Å². The summed E-state index contributed by atoms with van der Waals surface area (Å²) in [4.78, 5) is 0. The van der Waals surface area contributed by atoms with Crippen LogP contribution in [0, 0.1) is 0 Å². The van der Waals surface area contributed by atoms with Gasteiger partial charge >= 0.3 is 0 Å². The van der Waals surface area contributed by atoms with E-state index in [9.17, 15) is 0 Å². The smallest absolute Gasteiger partial charge is 0.137 e. The molecule has 21 heavy (non-hydrogen) atoms. The molecule has 2 rings (SSSR count). The van der Waals surface area contributed by atoms with Gasteiger partial charge in [-0.25, -0.2) is 0 Å². The molecule has 0 heterocycles. The van der Waals surface area contributed by atoms with Gasteiger partial charge in [0.05, 0.1) is 12.1 Å². The summed E-state index contributed by atoms with van der Waals surface area (Å²) < 4.78 is 5.34. The van der Waals surface area contributed by atoms with Crippen molar-refractivity contribution in [2.45, 2.75) is 25.8 Å². The maximum Gasteiger partial charge on any atom is 0.137 e. The Bertz CT molecular complexity index is 571. The Balaban J connectivity index is 2.34. The molecule has 2 unspecified atom stereocenters. The summed E-state index contributed by atoms with van der Waals surface area (Å²) in [6, 6.07) is 16.8. The number of hydrogen-bond donors (Lipinski definition) is 1. The van der Waals surface area contributed by atoms with Crippen molar-refractivity contribution in [2.24, 2.45) is 0 Å². The van der Waals surface area contributed by atoms with Crippen LogP contribution in [0.3, 0.4) is 0 Å². The predicted octanol–water partition coefficient (Wildman–Crippen LogP) is 4.80. The standard InChI is InChI=1S/C18H22ClNO/c1-4-20-18(13(2)14-8-6-5-7-9-14)15-10-11-16(19)17(12-15)21-3/h5-13,18,20H,4H2,1-3H3. The van der Waals surface area contributed by atoms with Gasteiger partial charge in [0.15, 0.2) is 0 Å². The number of methoxy groups -OCH3 is 1. The molecule has 112 valence electrons. The van der Waals surface area contributed by atoms with Crippen molar-refractivity contribution in [1.29, 1.82) is 0 Å². The number of hydrogen-bond acceptors (Lipinski definition) is 2. The SMILES string of the molecule is CCNC(c1ccc(Cl)c(OC)c1)C(C)c1ccccc1. The first-order valence-electron chi connectivity index (χ1n) is 7.29. The van der Waals surface area contributed by atoms with Crippen LogP contribution in [0.1, 0.15) is 36.9 Å². The lowest BCUT2D eigenvalue weighted by atomic mass is 9.88. The first-order valence-corrected chi connectivity index (χ1v) is 7.67. The van der Waals surface area contributed by atoms with E-state index >= 15 is 0 Å². The van der Waals surface area contributed by atoms with Gasteiger partial charge in [-0.3, -0.25) is 0 Å². The molecule has 0 radical (unpaired) electrons. The Morgan fingerprint density at radius 1 is 1.10 bits per heavy atom. The molecule has 2 aromatic rings. The number of rotatable bonds is 6. The lowest BCUT2D eigenvalue weighted by molar-refractivity contribution is 0.411. The van der Waals surface area contributed by atoms with Crippen molar-refractivity contribution in [3.8, 4) is 5.75 Å². The molecule has 3 heteroatoms. The highest BCUT2D eigenvalue weighted by Gasteiger charge is 2.20. The van der Waals surface area contributed by atoms with E-state index in [1.54, 1.807) is 7.11 Å². The van der Waals surface area contributed by atoms with Crippen LogP contribution in [0.25, 0.3) is 0 Å². The number of benzene rings is 2. The van der Waals surface area contributed by atoms with Gasteiger partial charge in [-0.1, -0.05) is 61.8 Å². The third-order valence-electron chi connectivity index (χ3n) is 3.78. The van der Waals surface area contributed by atoms with Crippen molar-refractivity contribution in [3.05, 3.63) is 64.7 Å². The molecule has 1 N–H and O–H groups in total. The van der Waals surface area contributed by atoms with Crippen LogP contribution in [-0.2, 0) is 0 Å². The molecular formula is C18H22ClNO. The zero-order chi connectivity index (χ0) is 15.2. The summed E-state index contributed by atoms with van der Waals surface area (Å²) in [6.07, 6.45) is 0. The van der Waals surface area contributed by atoms with Gasteiger partial charge in [-0.05, 0) is 29.8 Å². The summed E-state index contributed by atoms with van der Waals surface area (Å²) in [5.41, 5.74) is 2.51. The van der Waals surface area contributed by atoms with Crippen molar-refractivity contribution < 1.29 is 4.74 Å². The molecule has 0 amide bonds. The minimum atomic E-state index is 0.226. The second kappa shape index (κ2) is 7.48. The summed E-state index contributed by atoms with van der Waals surface area (Å²) in [7, 11) is 1.65. The monoisotopic (exact) mass is 303 g/mol. The number of halogens is 1. The van der Waals surface area contributed by atoms with E-state index in [4.69, 9.17) is 16.3 Å². The molecule has 0 spiro atoms. The van der Waals surface area contributed by atoms with Crippen molar-refractivity contribution in [1.82, 2.24) is 5.32 Å². The number of nitrogens with one attached hydrogen (secondary N) is 1. The van der Waals surface area contributed by atoms with Crippen LogP contribution in [0.15, 0.2) is 48.5 Å². The average Bonchev–Trinajstić information content (AvgIpc) is 2.53. The molecule has 0 aromatic heterocycles. The quantitative estimate of drug-likeness (QED) is 0.827. The van der Waals surface area contributed by atoms with Crippen LogP contribution >= 0.6 is 11.6 Å². The van der Waals surface area contributed by atoms with E-state index in [-0.39, 0.29) is 6.04 Å². The van der Waals surface area contributed by atoms with E-state index in [2.05, 4.69) is 49.5 Å². The second-order valence-corrected chi connectivity index (χ2v) is 5.54. The van der Waals surface area contributed by atoms with Gasteiger partial charge < -0.3 is 10.1 Å². The summed E-state index contributed by atoms with van der Waals surface area (Å²) in [5, 5.41) is 4.21. The maximum absolute atomic E-state index is 6.13. The number of likely N-dealkylation sites (N-methyl/N-ethyl adjacent to an activating group) is 1. The van der Waals surface area contributed by atoms with Crippen LogP contribution in [0.4, 0.5) is 0 Å². The van der Waals surface area contributed by atoms with E-state index in [0.717, 1.165) is 12.3 Å². The normalized spacial score (nSPS) is 13.7. The van der Waals surface area contributed by atoms with Gasteiger partial charge in [0.25, 0.3) is 0 Å². The highest BCUT2D eigenvalue weighted by Crippen LogP contribution is 2.34. The molecule has 0 saturated heterocycles. The van der Waals surface area contributed by atoms with Gasteiger partial charge in [0.2, 0.25) is 0 Å². The average molecular weight is 304 g/mol. The Kier molecular flexibility index (Phi) is 5.66. The first-order chi connectivity index (χ1) is 10.2. The van der Waals surface area contributed by atoms with E-state index < -0.39 is 0 Å². The summed E-state index contributed by atoms with van der Waals surface area (Å²) >= 11 is 6.13. The van der Waals surface area contributed by atoms with Crippen molar-refractivity contribution in [2.75, 3.05) is 13.7 Å². The lowest BCUT2D eigenvalue weighted by Crippen LogP contribution is -2.25. The lowest BCUT2D eigenvalue weighted by Gasteiger charge is -2.26. The third kappa shape index (κ3) is 3.78. The topological polar surface area (TPSA) is 21.3 Å². The maximum atomic E-state index is 6.13. The first kappa shape index (κ1) is 15.9. The fraction of sp³-hybridized carbons (Fsp3) is 0.333. The zero-order valence-corrected chi connectivity index (χ0v) is 13.5. The molecule has 0 bridgehead atoms. The van der Waals surface area contributed by atoms with Crippen LogP contribution in [0.5, 0.6) is 5.75 Å². The molecule has 0 aliphatic rings. The van der Waals surface area contributed by atoms with Crippen molar-refractivity contribution in [3.63, 3.8) is 0 Å². The van der Waals surface area contributed by atoms with Gasteiger partial charge in [0.1, 0.15) is 5.75 Å². The van der Waals surface area contributed by atoms with Crippen LogP contribution < -0.4 is 10.1 Å². The molecular weight excluding hydrogens is 282 g/mol. The van der Waals surface area contributed by atoms with Gasteiger partial charge in [-0.15, -0.1) is 0 Å². The highest BCUT2D eigenvalue weighted by atomic mass is 35.5. The fourth-order valence-corrected chi connectivity index (χ4v) is 2.82. The molecule has 2 aromatic carbocycles. The van der Waals surface area contributed by atoms with Crippen molar-refractivity contribution >= 4 is 11.6 Å². The Morgan fingerprint density at radius 2 is 1.81 bits per heavy atom. The number of ether oxygens (including phenoxy) is 1. The third-order valence-corrected chi connectivity index (χ3v) is 4.10. The van der Waals surface area contributed by atoms with E-state index in [0.29, 0.717) is 10.9 Å².